The highest BCUT2D eigenvalue weighted by molar-refractivity contribution is 5.98. The molecule has 0 aliphatic carbocycles. The number of nitrogens with one attached hydrogen (secondary N) is 1. The maximum atomic E-state index is 12.0. The van der Waals surface area contributed by atoms with Crippen LogP contribution >= 0.6 is 0 Å². The first-order valence-corrected chi connectivity index (χ1v) is 7.81. The lowest BCUT2D eigenvalue weighted by Gasteiger charge is -2.05. The SMILES string of the molecule is COc1ccc(C(=O)CCC(=O)NCCCCCCN)cc1. The number of carbonyl (C=O) groups excluding carboxylic acids is 2. The number of nitrogens with two attached hydrogens (primary N) is 1. The molecule has 0 unspecified atom stereocenters. The highest BCUT2D eigenvalue weighted by Crippen LogP contribution is 2.13. The lowest BCUT2D eigenvalue weighted by Crippen LogP contribution is -2.24. The number of ketones is 1. The number of unbranched alkanes of at least 4 members (excludes halogenated alkanes) is 3. The van der Waals surface area contributed by atoms with Crippen LogP contribution in [0.2, 0.25) is 0 Å². The molecular weight excluding hydrogens is 280 g/mol. The number of amides is 1. The number of Topliss-reactive ketones (excluding diaryl/α,β-unsaturated/α-hetero) is 1. The van der Waals surface area contributed by atoms with E-state index in [1.165, 1.54) is 0 Å². The molecule has 5 nitrogen and oxygen atoms in total. The van der Waals surface area contributed by atoms with Gasteiger partial charge in [0.15, 0.2) is 5.78 Å². The zero-order chi connectivity index (χ0) is 16.2. The maximum Gasteiger partial charge on any atom is 0.220 e. The van der Waals surface area contributed by atoms with Crippen molar-refractivity contribution in [2.75, 3.05) is 20.2 Å². The van der Waals surface area contributed by atoms with Crippen molar-refractivity contribution in [3.63, 3.8) is 0 Å². The minimum atomic E-state index is -0.0688. The number of hydrogen-bond acceptors (Lipinski definition) is 4. The number of benzene rings is 1. The molecule has 1 rings (SSSR count). The van der Waals surface area contributed by atoms with Crippen LogP contribution in [0.25, 0.3) is 0 Å². The van der Waals surface area contributed by atoms with Gasteiger partial charge in [0, 0.05) is 24.9 Å². The Hall–Kier alpha value is -1.88. The first-order valence-electron chi connectivity index (χ1n) is 7.81. The van der Waals surface area contributed by atoms with Crippen molar-refractivity contribution in [3.8, 4) is 5.75 Å². The summed E-state index contributed by atoms with van der Waals surface area (Å²) in [5.74, 6) is 0.616. The average molecular weight is 306 g/mol. The minimum absolute atomic E-state index is 0.0271. The first-order chi connectivity index (χ1) is 10.7. The van der Waals surface area contributed by atoms with Gasteiger partial charge in [-0.2, -0.15) is 0 Å². The summed E-state index contributed by atoms with van der Waals surface area (Å²) >= 11 is 0. The van der Waals surface area contributed by atoms with Gasteiger partial charge in [-0.25, -0.2) is 0 Å². The van der Waals surface area contributed by atoms with E-state index in [4.69, 9.17) is 10.5 Å². The third kappa shape index (κ3) is 7.22. The maximum absolute atomic E-state index is 12.0. The summed E-state index contributed by atoms with van der Waals surface area (Å²) < 4.78 is 5.04. The predicted molar refractivity (Wildman–Crippen MR) is 87.1 cm³/mol. The van der Waals surface area contributed by atoms with E-state index < -0.39 is 0 Å². The van der Waals surface area contributed by atoms with Gasteiger partial charge >= 0.3 is 0 Å². The largest absolute Gasteiger partial charge is 0.497 e. The Morgan fingerprint density at radius 3 is 2.36 bits per heavy atom. The Balaban J connectivity index is 2.18. The van der Waals surface area contributed by atoms with E-state index in [9.17, 15) is 9.59 Å². The molecule has 0 bridgehead atoms. The van der Waals surface area contributed by atoms with Crippen LogP contribution in [0.5, 0.6) is 5.75 Å². The molecule has 1 aromatic carbocycles. The number of hydrogen-bond donors (Lipinski definition) is 2. The van der Waals surface area contributed by atoms with E-state index in [0.717, 1.165) is 32.2 Å². The van der Waals surface area contributed by atoms with E-state index >= 15 is 0 Å². The van der Waals surface area contributed by atoms with E-state index in [2.05, 4.69) is 5.32 Å². The third-order valence-electron chi connectivity index (χ3n) is 3.44. The molecule has 0 aliphatic heterocycles. The second-order valence-electron chi connectivity index (χ2n) is 5.20. The molecule has 122 valence electrons. The number of rotatable bonds is 11. The van der Waals surface area contributed by atoms with E-state index in [1.54, 1.807) is 31.4 Å². The highest BCUT2D eigenvalue weighted by Gasteiger charge is 2.09. The predicted octanol–water partition coefficient (Wildman–Crippen LogP) is 2.29. The molecule has 0 aliphatic rings. The molecule has 0 aromatic heterocycles. The van der Waals surface area contributed by atoms with Gasteiger partial charge in [-0.05, 0) is 43.7 Å². The van der Waals surface area contributed by atoms with Crippen LogP contribution < -0.4 is 15.8 Å². The lowest BCUT2D eigenvalue weighted by molar-refractivity contribution is -0.121. The minimum Gasteiger partial charge on any atom is -0.497 e. The quantitative estimate of drug-likeness (QED) is 0.485. The third-order valence-corrected chi connectivity index (χ3v) is 3.44. The van der Waals surface area contributed by atoms with Crippen LogP contribution in [0.1, 0.15) is 48.9 Å². The van der Waals surface area contributed by atoms with Crippen LogP contribution in [0.3, 0.4) is 0 Å². The molecule has 0 atom stereocenters. The molecule has 5 heteroatoms. The summed E-state index contributed by atoms with van der Waals surface area (Å²) in [6.07, 6.45) is 4.62. The zero-order valence-electron chi connectivity index (χ0n) is 13.3. The topological polar surface area (TPSA) is 81.4 Å². The molecule has 0 saturated heterocycles. The van der Waals surface area contributed by atoms with Crippen molar-refractivity contribution >= 4 is 11.7 Å². The first kappa shape index (κ1) is 18.2. The van der Waals surface area contributed by atoms with E-state index in [0.29, 0.717) is 17.9 Å². The normalized spacial score (nSPS) is 10.3. The molecule has 0 spiro atoms. The summed E-state index contributed by atoms with van der Waals surface area (Å²) in [5.41, 5.74) is 6.02. The molecule has 0 saturated carbocycles. The second kappa shape index (κ2) is 10.8. The number of methoxy groups -OCH3 is 1. The summed E-state index contributed by atoms with van der Waals surface area (Å²) in [6, 6.07) is 6.93. The van der Waals surface area contributed by atoms with Gasteiger partial charge in [0.05, 0.1) is 7.11 Å². The average Bonchev–Trinajstić information content (AvgIpc) is 2.56. The second-order valence-corrected chi connectivity index (χ2v) is 5.20. The van der Waals surface area contributed by atoms with Crippen molar-refractivity contribution in [2.45, 2.75) is 38.5 Å². The van der Waals surface area contributed by atoms with Gasteiger partial charge in [0.25, 0.3) is 0 Å². The molecule has 1 aromatic rings. The van der Waals surface area contributed by atoms with Crippen LogP contribution in [-0.2, 0) is 4.79 Å². The van der Waals surface area contributed by atoms with Gasteiger partial charge in [-0.15, -0.1) is 0 Å². The fraction of sp³-hybridized carbons (Fsp3) is 0.529. The van der Waals surface area contributed by atoms with Crippen LogP contribution in [-0.4, -0.2) is 31.9 Å². The van der Waals surface area contributed by atoms with Crippen molar-refractivity contribution in [2.24, 2.45) is 5.73 Å². The van der Waals surface area contributed by atoms with Crippen molar-refractivity contribution in [1.29, 1.82) is 0 Å². The molecule has 1 amide bonds. The molecule has 0 heterocycles. The summed E-state index contributed by atoms with van der Waals surface area (Å²) in [7, 11) is 1.58. The highest BCUT2D eigenvalue weighted by atomic mass is 16.5. The Morgan fingerprint density at radius 2 is 1.73 bits per heavy atom. The Kier molecular flexibility index (Phi) is 8.91. The molecule has 0 radical (unpaired) electrons. The van der Waals surface area contributed by atoms with Crippen molar-refractivity contribution in [3.05, 3.63) is 29.8 Å². The Labute approximate surface area is 132 Å². The Bertz CT molecular complexity index is 457. The van der Waals surface area contributed by atoms with Gasteiger partial charge < -0.3 is 15.8 Å². The van der Waals surface area contributed by atoms with E-state index in [1.807, 2.05) is 0 Å². The fourth-order valence-electron chi connectivity index (χ4n) is 2.09. The van der Waals surface area contributed by atoms with E-state index in [-0.39, 0.29) is 24.5 Å². The molecule has 22 heavy (non-hydrogen) atoms. The molecule has 0 fully saturated rings. The van der Waals surface area contributed by atoms with Crippen molar-refractivity contribution in [1.82, 2.24) is 5.32 Å². The fourth-order valence-corrected chi connectivity index (χ4v) is 2.09. The van der Waals surface area contributed by atoms with Crippen LogP contribution in [0.15, 0.2) is 24.3 Å². The van der Waals surface area contributed by atoms with Crippen molar-refractivity contribution < 1.29 is 14.3 Å². The van der Waals surface area contributed by atoms with Gasteiger partial charge in [0.2, 0.25) is 5.91 Å². The monoisotopic (exact) mass is 306 g/mol. The Morgan fingerprint density at radius 1 is 1.05 bits per heavy atom. The summed E-state index contributed by atoms with van der Waals surface area (Å²) in [6.45, 7) is 1.39. The standard InChI is InChI=1S/C17H26N2O3/c1-22-15-8-6-14(7-9-15)16(20)10-11-17(21)19-13-5-3-2-4-12-18/h6-9H,2-5,10-13,18H2,1H3,(H,19,21). The lowest BCUT2D eigenvalue weighted by atomic mass is 10.1. The van der Waals surface area contributed by atoms with Crippen LogP contribution in [0, 0.1) is 0 Å². The number of ether oxygens (including phenoxy) is 1. The number of carbonyl (C=O) groups is 2. The van der Waals surface area contributed by atoms with Gasteiger partial charge in [-0.3, -0.25) is 9.59 Å². The molecule has 3 N–H and O–H groups in total. The zero-order valence-corrected chi connectivity index (χ0v) is 13.3. The van der Waals surface area contributed by atoms with Gasteiger partial charge in [-0.1, -0.05) is 12.8 Å². The van der Waals surface area contributed by atoms with Gasteiger partial charge in [0.1, 0.15) is 5.75 Å². The summed E-state index contributed by atoms with van der Waals surface area (Å²) in [5, 5.41) is 2.84. The smallest absolute Gasteiger partial charge is 0.220 e. The molecular formula is C17H26N2O3. The van der Waals surface area contributed by atoms with Crippen LogP contribution in [0.4, 0.5) is 0 Å². The summed E-state index contributed by atoms with van der Waals surface area (Å²) in [4.78, 5) is 23.6.